The first-order valence-corrected chi connectivity index (χ1v) is 9.28. The molecule has 0 saturated carbocycles. The topological polar surface area (TPSA) is 117 Å². The minimum absolute atomic E-state index is 0.103. The van der Waals surface area contributed by atoms with Crippen molar-refractivity contribution in [2.24, 2.45) is 0 Å². The van der Waals surface area contributed by atoms with Crippen molar-refractivity contribution in [2.45, 2.75) is 25.9 Å². The number of hydrogen-bond donors (Lipinski definition) is 3. The second-order valence-corrected chi connectivity index (χ2v) is 6.79. The molecule has 0 aliphatic carbocycles. The van der Waals surface area contributed by atoms with Gasteiger partial charge in [0.15, 0.2) is 0 Å². The zero-order valence-corrected chi connectivity index (χ0v) is 16.6. The summed E-state index contributed by atoms with van der Waals surface area (Å²) in [5, 5.41) is 7.84. The molecule has 1 atom stereocenters. The van der Waals surface area contributed by atoms with E-state index in [0.717, 1.165) is 10.5 Å². The molecule has 2 aromatic rings. The fourth-order valence-corrected chi connectivity index (χ4v) is 3.05. The van der Waals surface area contributed by atoms with E-state index in [1.54, 1.807) is 55.6 Å². The second-order valence-electron chi connectivity index (χ2n) is 6.79. The summed E-state index contributed by atoms with van der Waals surface area (Å²) in [6, 6.07) is 12.2. The Balaban J connectivity index is 1.59. The molecule has 0 spiro atoms. The normalized spacial score (nSPS) is 15.5. The Morgan fingerprint density at radius 1 is 1.07 bits per heavy atom. The quantitative estimate of drug-likeness (QED) is 0.605. The van der Waals surface area contributed by atoms with E-state index < -0.39 is 23.9 Å². The minimum Gasteiger partial charge on any atom is -0.497 e. The third-order valence-electron chi connectivity index (χ3n) is 4.46. The van der Waals surface area contributed by atoms with Crippen molar-refractivity contribution in [3.8, 4) is 5.75 Å². The van der Waals surface area contributed by atoms with Gasteiger partial charge in [0.25, 0.3) is 5.91 Å². The summed E-state index contributed by atoms with van der Waals surface area (Å²) in [6.07, 6.45) is -0.200. The van der Waals surface area contributed by atoms with Gasteiger partial charge in [-0.25, -0.2) is 4.79 Å². The number of nitrogens with zero attached hydrogens (tertiary/aromatic N) is 1. The summed E-state index contributed by atoms with van der Waals surface area (Å²) in [5.41, 5.74) is 1.77. The molecule has 1 aliphatic rings. The maximum atomic E-state index is 12.6. The summed E-state index contributed by atoms with van der Waals surface area (Å²) in [5.74, 6) is -0.444. The van der Waals surface area contributed by atoms with Crippen LogP contribution in [0.3, 0.4) is 0 Å². The first-order chi connectivity index (χ1) is 14.4. The van der Waals surface area contributed by atoms with E-state index in [0.29, 0.717) is 17.1 Å². The fraction of sp³-hybridized carbons (Fsp3) is 0.238. The maximum Gasteiger partial charge on any atom is 0.325 e. The number of imide groups is 1. The highest BCUT2D eigenvalue weighted by Gasteiger charge is 2.38. The highest BCUT2D eigenvalue weighted by atomic mass is 16.5. The zero-order valence-electron chi connectivity index (χ0n) is 16.6. The van der Waals surface area contributed by atoms with Crippen LogP contribution in [0.1, 0.15) is 18.9 Å². The highest BCUT2D eigenvalue weighted by molar-refractivity contribution is 6.07. The van der Waals surface area contributed by atoms with Crippen LogP contribution in [0.25, 0.3) is 0 Å². The molecule has 156 valence electrons. The molecule has 2 aromatic carbocycles. The number of benzene rings is 2. The number of rotatable bonds is 7. The molecule has 0 unspecified atom stereocenters. The molecule has 0 bridgehead atoms. The molecular formula is C21H22N4O5. The number of carbonyl (C=O) groups excluding carboxylic acids is 4. The number of carbonyl (C=O) groups is 4. The van der Waals surface area contributed by atoms with Crippen molar-refractivity contribution in [3.63, 3.8) is 0 Å². The second kappa shape index (κ2) is 9.08. The van der Waals surface area contributed by atoms with E-state index in [-0.39, 0.29) is 18.9 Å². The first kappa shape index (κ1) is 20.8. The number of nitrogens with one attached hydrogen (secondary N) is 3. The van der Waals surface area contributed by atoms with Crippen LogP contribution in [0.4, 0.5) is 16.2 Å². The summed E-state index contributed by atoms with van der Waals surface area (Å²) >= 11 is 0. The first-order valence-electron chi connectivity index (χ1n) is 9.28. The predicted molar refractivity (Wildman–Crippen MR) is 110 cm³/mol. The van der Waals surface area contributed by atoms with Gasteiger partial charge in [-0.2, -0.15) is 0 Å². The average molecular weight is 410 g/mol. The van der Waals surface area contributed by atoms with Gasteiger partial charge in [0, 0.05) is 18.3 Å². The Labute approximate surface area is 173 Å². The zero-order chi connectivity index (χ0) is 21.7. The molecule has 30 heavy (non-hydrogen) atoms. The van der Waals surface area contributed by atoms with Crippen LogP contribution in [-0.4, -0.2) is 41.8 Å². The maximum absolute atomic E-state index is 12.6. The summed E-state index contributed by atoms with van der Waals surface area (Å²) in [4.78, 5) is 49.4. The molecule has 9 heteroatoms. The number of hydrogen-bond acceptors (Lipinski definition) is 5. The minimum atomic E-state index is -0.936. The summed E-state index contributed by atoms with van der Waals surface area (Å²) in [7, 11) is 1.55. The molecule has 0 aromatic heterocycles. The van der Waals surface area contributed by atoms with Crippen LogP contribution in [-0.2, 0) is 20.9 Å². The lowest BCUT2D eigenvalue weighted by Gasteiger charge is -2.13. The summed E-state index contributed by atoms with van der Waals surface area (Å²) < 4.78 is 5.09. The molecule has 1 fully saturated rings. The lowest BCUT2D eigenvalue weighted by Crippen LogP contribution is -2.34. The number of urea groups is 1. The van der Waals surface area contributed by atoms with E-state index >= 15 is 0 Å². The van der Waals surface area contributed by atoms with Gasteiger partial charge in [-0.15, -0.1) is 0 Å². The van der Waals surface area contributed by atoms with Crippen molar-refractivity contribution in [2.75, 3.05) is 17.7 Å². The highest BCUT2D eigenvalue weighted by Crippen LogP contribution is 2.19. The Morgan fingerprint density at radius 3 is 2.37 bits per heavy atom. The van der Waals surface area contributed by atoms with Crippen molar-refractivity contribution < 1.29 is 23.9 Å². The number of ether oxygens (including phenoxy) is 1. The van der Waals surface area contributed by atoms with Crippen molar-refractivity contribution in [1.29, 1.82) is 0 Å². The monoisotopic (exact) mass is 410 g/mol. The van der Waals surface area contributed by atoms with Crippen molar-refractivity contribution >= 4 is 35.1 Å². The molecule has 0 radical (unpaired) electrons. The predicted octanol–water partition coefficient (Wildman–Crippen LogP) is 2.10. The third kappa shape index (κ3) is 5.13. The lowest BCUT2D eigenvalue weighted by atomic mass is 10.1. The Kier molecular flexibility index (Phi) is 6.31. The molecule has 9 nitrogen and oxygen atoms in total. The van der Waals surface area contributed by atoms with Gasteiger partial charge < -0.3 is 20.7 Å². The average Bonchev–Trinajstić information content (AvgIpc) is 2.95. The molecule has 3 N–H and O–H groups in total. The van der Waals surface area contributed by atoms with Gasteiger partial charge in [0.05, 0.1) is 20.1 Å². The van der Waals surface area contributed by atoms with Gasteiger partial charge in [-0.3, -0.25) is 19.3 Å². The van der Waals surface area contributed by atoms with Crippen LogP contribution in [0.2, 0.25) is 0 Å². The van der Waals surface area contributed by atoms with Gasteiger partial charge in [0.1, 0.15) is 11.8 Å². The Bertz CT molecular complexity index is 974. The van der Waals surface area contributed by atoms with Gasteiger partial charge >= 0.3 is 6.03 Å². The van der Waals surface area contributed by atoms with E-state index in [4.69, 9.17) is 4.74 Å². The molecule has 5 amide bonds. The van der Waals surface area contributed by atoms with E-state index in [1.165, 1.54) is 6.92 Å². The van der Waals surface area contributed by atoms with E-state index in [2.05, 4.69) is 16.0 Å². The van der Waals surface area contributed by atoms with Crippen LogP contribution in [0, 0.1) is 0 Å². The number of methoxy groups -OCH3 is 1. The Hall–Kier alpha value is -3.88. The van der Waals surface area contributed by atoms with Gasteiger partial charge in [-0.05, 0) is 35.9 Å². The molecular weight excluding hydrogens is 388 g/mol. The van der Waals surface area contributed by atoms with Crippen LogP contribution >= 0.6 is 0 Å². The fourth-order valence-electron chi connectivity index (χ4n) is 3.05. The van der Waals surface area contributed by atoms with Gasteiger partial charge in [-0.1, -0.05) is 18.2 Å². The SMILES string of the molecule is COc1ccc(CN2C(=O)N[C@@H](CC(=O)Nc3cccc(NC(C)=O)c3)C2=O)cc1. The van der Waals surface area contributed by atoms with E-state index in [1.807, 2.05) is 0 Å². The van der Waals surface area contributed by atoms with E-state index in [9.17, 15) is 19.2 Å². The summed E-state index contributed by atoms with van der Waals surface area (Å²) in [6.45, 7) is 1.49. The Morgan fingerprint density at radius 2 is 1.73 bits per heavy atom. The molecule has 1 saturated heterocycles. The van der Waals surface area contributed by atoms with Crippen molar-refractivity contribution in [3.05, 3.63) is 54.1 Å². The number of amides is 5. The molecule has 1 heterocycles. The number of anilines is 2. The van der Waals surface area contributed by atoms with Crippen LogP contribution in [0.15, 0.2) is 48.5 Å². The smallest absolute Gasteiger partial charge is 0.325 e. The van der Waals surface area contributed by atoms with Crippen LogP contribution < -0.4 is 20.7 Å². The standard InChI is InChI=1S/C21H22N4O5/c1-13(26)22-15-4-3-5-16(10-15)23-19(27)11-18-20(28)25(21(29)24-18)12-14-6-8-17(30-2)9-7-14/h3-10,18H,11-12H2,1-2H3,(H,22,26)(H,23,27)(H,24,29)/t18-/m0/s1. The van der Waals surface area contributed by atoms with Gasteiger partial charge in [0.2, 0.25) is 11.8 Å². The third-order valence-corrected chi connectivity index (χ3v) is 4.46. The largest absolute Gasteiger partial charge is 0.497 e. The van der Waals surface area contributed by atoms with Crippen LogP contribution in [0.5, 0.6) is 5.75 Å². The van der Waals surface area contributed by atoms with Crippen molar-refractivity contribution in [1.82, 2.24) is 10.2 Å². The lowest BCUT2D eigenvalue weighted by molar-refractivity contribution is -0.130. The molecule has 3 rings (SSSR count). The molecule has 1 aliphatic heterocycles.